The van der Waals surface area contributed by atoms with Crippen LogP contribution in [0.25, 0.3) is 6.08 Å². The molecule has 0 fully saturated rings. The van der Waals surface area contributed by atoms with Crippen molar-refractivity contribution in [2.24, 2.45) is 0 Å². The first-order chi connectivity index (χ1) is 9.56. The predicted molar refractivity (Wildman–Crippen MR) is 77.8 cm³/mol. The Morgan fingerprint density at radius 2 is 2.35 bits per heavy atom. The van der Waals surface area contributed by atoms with Gasteiger partial charge in [-0.2, -0.15) is 0 Å². The molecule has 0 spiro atoms. The van der Waals surface area contributed by atoms with E-state index in [4.69, 9.17) is 16.3 Å². The molecular formula is C12H7BrClFN2O2S. The largest absolute Gasteiger partial charge is 0.456 e. The first kappa shape index (κ1) is 15.1. The number of rotatable bonds is 4. The van der Waals surface area contributed by atoms with Crippen LogP contribution in [0, 0.1) is 5.82 Å². The molecule has 0 N–H and O–H groups in total. The molecule has 20 heavy (non-hydrogen) atoms. The van der Waals surface area contributed by atoms with Gasteiger partial charge in [-0.15, -0.1) is 5.10 Å². The molecule has 0 saturated heterocycles. The topological polar surface area (TPSA) is 52.1 Å². The molecule has 1 aromatic carbocycles. The van der Waals surface area contributed by atoms with Gasteiger partial charge in [0.15, 0.2) is 0 Å². The van der Waals surface area contributed by atoms with Crippen molar-refractivity contribution in [3.8, 4) is 0 Å². The summed E-state index contributed by atoms with van der Waals surface area (Å²) in [6, 6.07) is 4.43. The van der Waals surface area contributed by atoms with Crippen molar-refractivity contribution in [2.45, 2.75) is 6.61 Å². The quantitative estimate of drug-likeness (QED) is 0.600. The van der Waals surface area contributed by atoms with Gasteiger partial charge in [0, 0.05) is 27.6 Å². The van der Waals surface area contributed by atoms with Crippen molar-refractivity contribution in [1.82, 2.24) is 9.59 Å². The standard InChI is InChI=1S/C12H7BrClFN2O2S/c13-8-2-3-9(15)7(5-8)1-4-11(18)19-6-10-12(14)20-17-16-10/h1-5H,6H2/b4-1+. The SMILES string of the molecule is O=C(/C=C/c1cc(Br)ccc1F)OCc1nnsc1Cl. The molecule has 4 nitrogen and oxygen atoms in total. The molecule has 0 unspecified atom stereocenters. The number of hydrogen-bond donors (Lipinski definition) is 0. The van der Waals surface area contributed by atoms with Gasteiger partial charge in [0.1, 0.15) is 22.5 Å². The Hall–Kier alpha value is -1.31. The second kappa shape index (κ2) is 6.92. The fourth-order valence-electron chi connectivity index (χ4n) is 1.27. The molecule has 1 aromatic heterocycles. The van der Waals surface area contributed by atoms with Crippen molar-refractivity contribution in [3.05, 3.63) is 50.2 Å². The van der Waals surface area contributed by atoms with Gasteiger partial charge in [0.25, 0.3) is 0 Å². The molecule has 0 atom stereocenters. The van der Waals surface area contributed by atoms with Crippen LogP contribution >= 0.6 is 39.1 Å². The molecule has 0 aliphatic heterocycles. The summed E-state index contributed by atoms with van der Waals surface area (Å²) in [7, 11) is 0. The van der Waals surface area contributed by atoms with Crippen molar-refractivity contribution in [1.29, 1.82) is 0 Å². The summed E-state index contributed by atoms with van der Waals surface area (Å²) < 4.78 is 23.0. The molecule has 0 aliphatic carbocycles. The minimum absolute atomic E-state index is 0.0700. The van der Waals surface area contributed by atoms with Gasteiger partial charge in [-0.3, -0.25) is 0 Å². The van der Waals surface area contributed by atoms with Crippen molar-refractivity contribution < 1.29 is 13.9 Å². The molecule has 2 aromatic rings. The van der Waals surface area contributed by atoms with Gasteiger partial charge in [0.05, 0.1) is 0 Å². The number of carbonyl (C=O) groups is 1. The zero-order valence-corrected chi connectivity index (χ0v) is 13.0. The lowest BCUT2D eigenvalue weighted by molar-refractivity contribution is -0.139. The summed E-state index contributed by atoms with van der Waals surface area (Å²) in [4.78, 5) is 11.5. The number of nitrogens with zero attached hydrogens (tertiary/aromatic N) is 2. The highest BCUT2D eigenvalue weighted by molar-refractivity contribution is 9.10. The minimum Gasteiger partial charge on any atom is -0.456 e. The fourth-order valence-corrected chi connectivity index (χ4v) is 2.25. The van der Waals surface area contributed by atoms with E-state index in [2.05, 4.69) is 25.5 Å². The average Bonchev–Trinajstić information content (AvgIpc) is 2.83. The molecule has 0 bridgehead atoms. The lowest BCUT2D eigenvalue weighted by Crippen LogP contribution is -2.01. The van der Waals surface area contributed by atoms with E-state index in [1.165, 1.54) is 12.1 Å². The summed E-state index contributed by atoms with van der Waals surface area (Å²) in [5.74, 6) is -1.04. The number of esters is 1. The van der Waals surface area contributed by atoms with E-state index in [0.29, 0.717) is 14.5 Å². The molecular weight excluding hydrogens is 371 g/mol. The lowest BCUT2D eigenvalue weighted by Gasteiger charge is -2.00. The number of aromatic nitrogens is 2. The van der Waals surface area contributed by atoms with E-state index in [1.807, 2.05) is 0 Å². The molecule has 0 amide bonds. The molecule has 8 heteroatoms. The first-order valence-electron chi connectivity index (χ1n) is 5.33. The van der Waals surface area contributed by atoms with Gasteiger partial charge in [-0.1, -0.05) is 32.0 Å². The average molecular weight is 378 g/mol. The van der Waals surface area contributed by atoms with Gasteiger partial charge in [-0.05, 0) is 24.3 Å². The molecule has 0 saturated carbocycles. The summed E-state index contributed by atoms with van der Waals surface area (Å²) in [5.41, 5.74) is 0.678. The fraction of sp³-hybridized carbons (Fsp3) is 0.0833. The number of carbonyl (C=O) groups excluding carboxylic acids is 1. The van der Waals surface area contributed by atoms with E-state index in [-0.39, 0.29) is 12.2 Å². The highest BCUT2D eigenvalue weighted by Gasteiger charge is 2.07. The van der Waals surface area contributed by atoms with Crippen molar-refractivity contribution in [3.63, 3.8) is 0 Å². The normalized spacial score (nSPS) is 10.9. The van der Waals surface area contributed by atoms with Crippen LogP contribution in [0.4, 0.5) is 4.39 Å². The Morgan fingerprint density at radius 3 is 3.05 bits per heavy atom. The van der Waals surface area contributed by atoms with Gasteiger partial charge in [0.2, 0.25) is 0 Å². The molecule has 0 aliphatic rings. The van der Waals surface area contributed by atoms with E-state index in [1.54, 1.807) is 12.1 Å². The Labute approximate surface area is 131 Å². The van der Waals surface area contributed by atoms with E-state index < -0.39 is 11.8 Å². The molecule has 0 radical (unpaired) electrons. The maximum absolute atomic E-state index is 13.4. The van der Waals surface area contributed by atoms with Gasteiger partial charge < -0.3 is 4.74 Å². The summed E-state index contributed by atoms with van der Waals surface area (Å²) in [6.07, 6.45) is 2.47. The molecule has 104 valence electrons. The zero-order chi connectivity index (χ0) is 14.5. The second-order valence-electron chi connectivity index (χ2n) is 3.60. The first-order valence-corrected chi connectivity index (χ1v) is 7.27. The van der Waals surface area contributed by atoms with Crippen LogP contribution in [-0.4, -0.2) is 15.6 Å². The summed E-state index contributed by atoms with van der Waals surface area (Å²) in [5, 5.41) is 3.70. The maximum atomic E-state index is 13.4. The molecule has 2 rings (SSSR count). The smallest absolute Gasteiger partial charge is 0.331 e. The molecule has 1 heterocycles. The van der Waals surface area contributed by atoms with E-state index in [9.17, 15) is 9.18 Å². The lowest BCUT2D eigenvalue weighted by atomic mass is 10.2. The highest BCUT2D eigenvalue weighted by Crippen LogP contribution is 2.18. The third kappa shape index (κ3) is 4.09. The third-order valence-electron chi connectivity index (χ3n) is 2.22. The minimum atomic E-state index is -0.617. The Balaban J connectivity index is 1.96. The Kier molecular flexibility index (Phi) is 5.22. The van der Waals surface area contributed by atoms with Crippen LogP contribution in [0.2, 0.25) is 4.34 Å². The van der Waals surface area contributed by atoms with Crippen LogP contribution in [0.5, 0.6) is 0 Å². The second-order valence-corrected chi connectivity index (χ2v) is 5.87. The van der Waals surface area contributed by atoms with Crippen LogP contribution < -0.4 is 0 Å². The van der Waals surface area contributed by atoms with E-state index >= 15 is 0 Å². The van der Waals surface area contributed by atoms with Gasteiger partial charge in [-0.25, -0.2) is 9.18 Å². The number of halogens is 3. The highest BCUT2D eigenvalue weighted by atomic mass is 79.9. The summed E-state index contributed by atoms with van der Waals surface area (Å²) >= 11 is 10.00. The number of hydrogen-bond acceptors (Lipinski definition) is 5. The summed E-state index contributed by atoms with van der Waals surface area (Å²) in [6.45, 7) is -0.0700. The van der Waals surface area contributed by atoms with Crippen LogP contribution in [-0.2, 0) is 16.1 Å². The number of benzene rings is 1. The zero-order valence-electron chi connectivity index (χ0n) is 9.85. The van der Waals surface area contributed by atoms with Gasteiger partial charge >= 0.3 is 5.97 Å². The maximum Gasteiger partial charge on any atom is 0.331 e. The number of ether oxygens (including phenoxy) is 1. The monoisotopic (exact) mass is 376 g/mol. The van der Waals surface area contributed by atoms with Crippen molar-refractivity contribution in [2.75, 3.05) is 0 Å². The van der Waals surface area contributed by atoms with Crippen molar-refractivity contribution >= 4 is 51.1 Å². The Bertz CT molecular complexity index is 663. The Morgan fingerprint density at radius 1 is 1.55 bits per heavy atom. The van der Waals surface area contributed by atoms with Crippen LogP contribution in [0.3, 0.4) is 0 Å². The van der Waals surface area contributed by atoms with Crippen LogP contribution in [0.15, 0.2) is 28.7 Å². The van der Waals surface area contributed by atoms with Crippen LogP contribution in [0.1, 0.15) is 11.3 Å². The third-order valence-corrected chi connectivity index (χ3v) is 3.70. The predicted octanol–water partition coefficient (Wildman–Crippen LogP) is 3.85. The van der Waals surface area contributed by atoms with E-state index in [0.717, 1.165) is 17.6 Å².